The summed E-state index contributed by atoms with van der Waals surface area (Å²) in [4.78, 5) is 26.5. The molecule has 8 heteroatoms. The third-order valence-corrected chi connectivity index (χ3v) is 10.6. The van der Waals surface area contributed by atoms with Crippen molar-refractivity contribution in [2.24, 2.45) is 11.8 Å². The van der Waals surface area contributed by atoms with Crippen LogP contribution >= 0.6 is 0 Å². The van der Waals surface area contributed by atoms with E-state index in [0.29, 0.717) is 24.7 Å². The molecule has 4 aromatic rings. The molecule has 8 nitrogen and oxygen atoms in total. The van der Waals surface area contributed by atoms with E-state index in [9.17, 15) is 9.59 Å². The van der Waals surface area contributed by atoms with Crippen molar-refractivity contribution < 1.29 is 28.5 Å². The number of carbonyl (C=O) groups excluding carboxylic acids is 2. The molecule has 0 heterocycles. The Labute approximate surface area is 296 Å². The molecule has 0 radical (unpaired) electrons. The van der Waals surface area contributed by atoms with E-state index < -0.39 is 24.4 Å². The minimum Gasteiger partial charge on any atom is -0.489 e. The molecule has 0 aromatic heterocycles. The molecule has 2 aliphatic carbocycles. The van der Waals surface area contributed by atoms with Crippen LogP contribution in [0.15, 0.2) is 84.9 Å². The van der Waals surface area contributed by atoms with Gasteiger partial charge in [-0.1, -0.05) is 111 Å². The van der Waals surface area contributed by atoms with Gasteiger partial charge in [0.25, 0.3) is 0 Å². The molecule has 4 aromatic carbocycles. The molecule has 0 spiro atoms. The van der Waals surface area contributed by atoms with E-state index in [1.807, 2.05) is 48.5 Å². The fourth-order valence-electron chi connectivity index (χ4n) is 7.83. The second-order valence-corrected chi connectivity index (χ2v) is 13.9. The lowest BCUT2D eigenvalue weighted by Gasteiger charge is -2.33. The second kappa shape index (κ2) is 17.7. The minimum absolute atomic E-state index is 0.199. The summed E-state index contributed by atoms with van der Waals surface area (Å²) in [5.74, 6) is 0.208. The van der Waals surface area contributed by atoms with Crippen LogP contribution in [-0.4, -0.2) is 50.7 Å². The Morgan fingerprint density at radius 1 is 0.560 bits per heavy atom. The van der Waals surface area contributed by atoms with Crippen LogP contribution < -0.4 is 20.1 Å². The standard InChI is InChI=1S/C42H52N2O6/c1-43-39(27-37(31-17-5-3-6-18-31)47-35-25-13-21-29-15-9-11-23-33(29)35)49-41(45)42(46)50-40(44-2)28-38(32-19-7-4-8-20-32)48-36-26-14-22-30-16-10-12-24-34(30)36/h9-16,21-26,31-32,37-40,43-44H,3-8,17-20,27-28H2,1-2H3. The predicted octanol–water partition coefficient (Wildman–Crippen LogP) is 8.31. The predicted molar refractivity (Wildman–Crippen MR) is 197 cm³/mol. The second-order valence-electron chi connectivity index (χ2n) is 13.9. The Kier molecular flexibility index (Phi) is 12.6. The Balaban J connectivity index is 1.11. The average molecular weight is 681 g/mol. The van der Waals surface area contributed by atoms with Crippen molar-refractivity contribution in [1.29, 1.82) is 0 Å². The summed E-state index contributed by atoms with van der Waals surface area (Å²) >= 11 is 0. The molecule has 2 aliphatic rings. The van der Waals surface area contributed by atoms with Crippen molar-refractivity contribution >= 4 is 33.5 Å². The van der Waals surface area contributed by atoms with Crippen LogP contribution in [0.25, 0.3) is 21.5 Å². The van der Waals surface area contributed by atoms with E-state index in [1.54, 1.807) is 14.1 Å². The van der Waals surface area contributed by atoms with Crippen LogP contribution in [0.2, 0.25) is 0 Å². The molecule has 0 bridgehead atoms. The van der Waals surface area contributed by atoms with Crippen molar-refractivity contribution in [2.45, 2.75) is 102 Å². The first-order valence-corrected chi connectivity index (χ1v) is 18.6. The molecule has 4 atom stereocenters. The average Bonchev–Trinajstić information content (AvgIpc) is 3.17. The molecule has 2 fully saturated rings. The van der Waals surface area contributed by atoms with Gasteiger partial charge in [0.05, 0.1) is 0 Å². The summed E-state index contributed by atoms with van der Waals surface area (Å²) in [6.45, 7) is 0. The first kappa shape index (κ1) is 35.7. The molecule has 2 N–H and O–H groups in total. The van der Waals surface area contributed by atoms with E-state index in [-0.39, 0.29) is 12.2 Å². The van der Waals surface area contributed by atoms with Crippen molar-refractivity contribution in [3.8, 4) is 11.5 Å². The van der Waals surface area contributed by atoms with Gasteiger partial charge in [-0.3, -0.25) is 10.6 Å². The Morgan fingerprint density at radius 3 is 1.34 bits per heavy atom. The van der Waals surface area contributed by atoms with Crippen LogP contribution in [0.3, 0.4) is 0 Å². The SMILES string of the molecule is CNC(CC(Oc1cccc2ccccc12)C1CCCCC1)OC(=O)C(=O)OC(CC(Oc1cccc2ccccc12)C1CCCCC1)NC. The van der Waals surface area contributed by atoms with Crippen molar-refractivity contribution in [1.82, 2.24) is 10.6 Å². The molecule has 0 aliphatic heterocycles. The van der Waals surface area contributed by atoms with Gasteiger partial charge in [-0.15, -0.1) is 0 Å². The largest absolute Gasteiger partial charge is 0.489 e. The number of benzene rings is 4. The zero-order valence-electron chi connectivity index (χ0n) is 29.5. The number of fused-ring (bicyclic) bond motifs is 2. The molecule has 0 saturated heterocycles. The fraction of sp³-hybridized carbons (Fsp3) is 0.476. The van der Waals surface area contributed by atoms with E-state index in [0.717, 1.165) is 84.4 Å². The van der Waals surface area contributed by atoms with Gasteiger partial charge in [0.15, 0.2) is 12.5 Å². The third kappa shape index (κ3) is 9.15. The molecule has 50 heavy (non-hydrogen) atoms. The van der Waals surface area contributed by atoms with Crippen LogP contribution in [0.5, 0.6) is 11.5 Å². The summed E-state index contributed by atoms with van der Waals surface area (Å²) in [5, 5.41) is 10.5. The number of esters is 2. The zero-order chi connectivity index (χ0) is 34.7. The van der Waals surface area contributed by atoms with Gasteiger partial charge in [0, 0.05) is 23.6 Å². The highest BCUT2D eigenvalue weighted by Gasteiger charge is 2.34. The van der Waals surface area contributed by atoms with Gasteiger partial charge < -0.3 is 18.9 Å². The molecule has 4 unspecified atom stereocenters. The lowest BCUT2D eigenvalue weighted by Crippen LogP contribution is -2.43. The first-order valence-electron chi connectivity index (χ1n) is 18.6. The maximum absolute atomic E-state index is 13.2. The molecule has 6 rings (SSSR count). The van der Waals surface area contributed by atoms with Gasteiger partial charge >= 0.3 is 11.9 Å². The van der Waals surface area contributed by atoms with Crippen molar-refractivity contribution in [2.75, 3.05) is 14.1 Å². The maximum Gasteiger partial charge on any atom is 0.419 e. The van der Waals surface area contributed by atoms with E-state index >= 15 is 0 Å². The van der Waals surface area contributed by atoms with Crippen LogP contribution in [0.1, 0.15) is 77.0 Å². The number of carbonyl (C=O) groups is 2. The minimum atomic E-state index is -1.03. The lowest BCUT2D eigenvalue weighted by molar-refractivity contribution is -0.177. The van der Waals surface area contributed by atoms with Crippen LogP contribution in [0, 0.1) is 11.8 Å². The number of ether oxygens (including phenoxy) is 4. The maximum atomic E-state index is 13.2. The van der Waals surface area contributed by atoms with Crippen molar-refractivity contribution in [3.63, 3.8) is 0 Å². The number of hydrogen-bond donors (Lipinski definition) is 2. The van der Waals surface area contributed by atoms with Crippen molar-refractivity contribution in [3.05, 3.63) is 84.9 Å². The summed E-state index contributed by atoms with van der Waals surface area (Å²) in [5.41, 5.74) is 0. The van der Waals surface area contributed by atoms with E-state index in [1.165, 1.54) is 12.8 Å². The third-order valence-electron chi connectivity index (χ3n) is 10.6. The Bertz CT molecular complexity index is 1560. The van der Waals surface area contributed by atoms with Crippen LogP contribution in [-0.2, 0) is 19.1 Å². The van der Waals surface area contributed by atoms with Crippen LogP contribution in [0.4, 0.5) is 0 Å². The quantitative estimate of drug-likeness (QED) is 0.0781. The normalized spacial score (nSPS) is 18.2. The highest BCUT2D eigenvalue weighted by Crippen LogP contribution is 2.35. The fourth-order valence-corrected chi connectivity index (χ4v) is 7.83. The molecule has 2 saturated carbocycles. The molecule has 0 amide bonds. The first-order chi connectivity index (χ1) is 24.5. The number of hydrogen-bond acceptors (Lipinski definition) is 8. The zero-order valence-corrected chi connectivity index (χ0v) is 29.5. The van der Waals surface area contributed by atoms with Gasteiger partial charge in [0.1, 0.15) is 23.7 Å². The summed E-state index contributed by atoms with van der Waals surface area (Å²) in [7, 11) is 3.46. The van der Waals surface area contributed by atoms with Gasteiger partial charge in [-0.25, -0.2) is 9.59 Å². The molecular formula is C42H52N2O6. The van der Waals surface area contributed by atoms with E-state index in [2.05, 4.69) is 47.0 Å². The molecular weight excluding hydrogens is 628 g/mol. The number of rotatable bonds is 14. The summed E-state index contributed by atoms with van der Waals surface area (Å²) in [6, 6.07) is 28.5. The monoisotopic (exact) mass is 680 g/mol. The number of nitrogens with one attached hydrogen (secondary N) is 2. The molecule has 266 valence electrons. The lowest BCUT2D eigenvalue weighted by atomic mass is 9.83. The Morgan fingerprint density at radius 2 is 0.940 bits per heavy atom. The smallest absolute Gasteiger partial charge is 0.419 e. The summed E-state index contributed by atoms with van der Waals surface area (Å²) in [6.07, 6.45) is 10.2. The topological polar surface area (TPSA) is 95.1 Å². The highest BCUT2D eigenvalue weighted by atomic mass is 16.6. The van der Waals surface area contributed by atoms with Gasteiger partial charge in [-0.05, 0) is 74.5 Å². The Hall–Kier alpha value is -4.14. The summed E-state index contributed by atoms with van der Waals surface area (Å²) < 4.78 is 25.0. The van der Waals surface area contributed by atoms with Gasteiger partial charge in [-0.2, -0.15) is 0 Å². The van der Waals surface area contributed by atoms with E-state index in [4.69, 9.17) is 18.9 Å². The van der Waals surface area contributed by atoms with Gasteiger partial charge in [0.2, 0.25) is 0 Å². The highest BCUT2D eigenvalue weighted by molar-refractivity contribution is 6.29.